The first kappa shape index (κ1) is 22.5. The molecule has 8 nitrogen and oxygen atoms in total. The highest BCUT2D eigenvalue weighted by atomic mass is 35.5. The molecular formula is C22H19ClF2N6O2S. The molecule has 4 heterocycles. The lowest BCUT2D eigenvalue weighted by Gasteiger charge is -2.26. The van der Waals surface area contributed by atoms with Crippen LogP contribution in [0.5, 0.6) is 0 Å². The fourth-order valence-electron chi connectivity index (χ4n) is 4.28. The SMILES string of the molecule is Cc1ncc(Cl)cc1S(=O)(=O)Nc1ccc(F)c([C@H]2CCc3c(-c4ncc[nH]4)ncn3C2)c1F. The second-order valence-electron chi connectivity index (χ2n) is 8.03. The smallest absolute Gasteiger partial charge is 0.263 e. The summed E-state index contributed by atoms with van der Waals surface area (Å²) in [6.07, 6.45) is 7.26. The fraction of sp³-hybridized carbons (Fsp3) is 0.227. The van der Waals surface area contributed by atoms with Crippen LogP contribution in [0.1, 0.15) is 29.3 Å². The van der Waals surface area contributed by atoms with Crippen molar-refractivity contribution in [3.63, 3.8) is 0 Å². The van der Waals surface area contributed by atoms with Crippen LogP contribution in [0.4, 0.5) is 14.5 Å². The van der Waals surface area contributed by atoms with Crippen LogP contribution >= 0.6 is 11.6 Å². The summed E-state index contributed by atoms with van der Waals surface area (Å²) in [5.74, 6) is -1.56. The van der Waals surface area contributed by atoms with E-state index >= 15 is 4.39 Å². The third-order valence-electron chi connectivity index (χ3n) is 5.89. The Hall–Kier alpha value is -3.31. The van der Waals surface area contributed by atoms with Gasteiger partial charge in [0, 0.05) is 42.3 Å². The number of nitrogens with one attached hydrogen (secondary N) is 2. The fourth-order valence-corrected chi connectivity index (χ4v) is 5.78. The summed E-state index contributed by atoms with van der Waals surface area (Å²) in [4.78, 5) is 15.4. The molecule has 34 heavy (non-hydrogen) atoms. The highest BCUT2D eigenvalue weighted by Gasteiger charge is 2.30. The van der Waals surface area contributed by atoms with Gasteiger partial charge in [0.15, 0.2) is 11.6 Å². The molecule has 0 aliphatic carbocycles. The topological polar surface area (TPSA) is 106 Å². The highest BCUT2D eigenvalue weighted by Crippen LogP contribution is 2.37. The predicted molar refractivity (Wildman–Crippen MR) is 122 cm³/mol. The quantitative estimate of drug-likeness (QED) is 0.418. The van der Waals surface area contributed by atoms with Crippen LogP contribution in [-0.4, -0.2) is 32.9 Å². The summed E-state index contributed by atoms with van der Waals surface area (Å²) in [5.41, 5.74) is 1.32. The number of fused-ring (bicyclic) bond motifs is 1. The number of hydrogen-bond acceptors (Lipinski definition) is 5. The Balaban J connectivity index is 1.46. The molecule has 0 unspecified atom stereocenters. The van der Waals surface area contributed by atoms with Gasteiger partial charge in [-0.05, 0) is 38.0 Å². The molecule has 0 spiro atoms. The summed E-state index contributed by atoms with van der Waals surface area (Å²) in [7, 11) is -4.20. The minimum absolute atomic E-state index is 0.124. The molecule has 0 fully saturated rings. The number of pyridine rings is 1. The minimum atomic E-state index is -4.20. The Kier molecular flexibility index (Phi) is 5.61. The van der Waals surface area contributed by atoms with E-state index in [0.29, 0.717) is 30.9 Å². The normalized spacial score (nSPS) is 15.8. The number of anilines is 1. The number of aryl methyl sites for hydroxylation is 1. The Labute approximate surface area is 199 Å². The number of sulfonamides is 1. The van der Waals surface area contributed by atoms with Gasteiger partial charge < -0.3 is 9.55 Å². The van der Waals surface area contributed by atoms with Crippen molar-refractivity contribution in [3.05, 3.63) is 76.7 Å². The van der Waals surface area contributed by atoms with E-state index < -0.39 is 27.6 Å². The molecule has 176 valence electrons. The van der Waals surface area contributed by atoms with Crippen molar-refractivity contribution in [2.45, 2.75) is 37.1 Å². The number of aromatic nitrogens is 5. The average Bonchev–Trinajstić information content (AvgIpc) is 3.47. The van der Waals surface area contributed by atoms with Crippen LogP contribution in [0.15, 0.2) is 48.0 Å². The minimum Gasteiger partial charge on any atom is -0.343 e. The van der Waals surface area contributed by atoms with E-state index in [0.717, 1.165) is 17.8 Å². The molecule has 0 saturated carbocycles. The van der Waals surface area contributed by atoms with E-state index in [4.69, 9.17) is 11.6 Å². The number of H-pyrrole nitrogens is 1. The molecule has 5 rings (SSSR count). The maximum absolute atomic E-state index is 15.5. The van der Waals surface area contributed by atoms with Gasteiger partial charge in [-0.25, -0.2) is 27.2 Å². The van der Waals surface area contributed by atoms with E-state index in [1.807, 2.05) is 4.57 Å². The Bertz CT molecular complexity index is 1490. The molecular weight excluding hydrogens is 486 g/mol. The number of hydrogen-bond donors (Lipinski definition) is 2. The molecule has 0 saturated heterocycles. The number of rotatable bonds is 5. The van der Waals surface area contributed by atoms with Gasteiger partial charge in [-0.1, -0.05) is 11.6 Å². The number of aromatic amines is 1. The zero-order valence-corrected chi connectivity index (χ0v) is 19.5. The van der Waals surface area contributed by atoms with Gasteiger partial charge in [-0.2, -0.15) is 0 Å². The standard InChI is InChI=1S/C22H19ClF2N6O2S/c1-12-18(8-14(23)9-28-12)34(32,33)30-16-4-3-15(24)19(20(16)25)13-2-5-17-21(22-26-6-7-27-22)29-11-31(17)10-13/h3-4,6-9,11,13,30H,2,5,10H2,1H3,(H,26,27)/t13-/m0/s1. The van der Waals surface area contributed by atoms with Crippen LogP contribution in [0.25, 0.3) is 11.5 Å². The number of imidazole rings is 2. The van der Waals surface area contributed by atoms with Gasteiger partial charge in [0.25, 0.3) is 10.0 Å². The van der Waals surface area contributed by atoms with E-state index in [1.54, 1.807) is 18.7 Å². The maximum Gasteiger partial charge on any atom is 0.263 e. The Morgan fingerprint density at radius 3 is 2.82 bits per heavy atom. The third-order valence-corrected chi connectivity index (χ3v) is 7.58. The monoisotopic (exact) mass is 504 g/mol. The van der Waals surface area contributed by atoms with Crippen molar-refractivity contribution in [2.75, 3.05) is 4.72 Å². The van der Waals surface area contributed by atoms with Crippen molar-refractivity contribution in [1.82, 2.24) is 24.5 Å². The molecule has 2 N–H and O–H groups in total. The summed E-state index contributed by atoms with van der Waals surface area (Å²) >= 11 is 5.89. The maximum atomic E-state index is 15.5. The molecule has 0 radical (unpaired) electrons. The van der Waals surface area contributed by atoms with Gasteiger partial charge in [0.2, 0.25) is 0 Å². The predicted octanol–water partition coefficient (Wildman–Crippen LogP) is 4.44. The molecule has 1 aliphatic heterocycles. The zero-order chi connectivity index (χ0) is 24.0. The molecule has 3 aromatic heterocycles. The van der Waals surface area contributed by atoms with Crippen molar-refractivity contribution < 1.29 is 17.2 Å². The molecule has 12 heteroatoms. The molecule has 0 amide bonds. The number of nitrogens with zero attached hydrogens (tertiary/aromatic N) is 4. The molecule has 1 aromatic carbocycles. The second kappa shape index (κ2) is 8.48. The van der Waals surface area contributed by atoms with Gasteiger partial charge in [0.05, 0.1) is 22.7 Å². The van der Waals surface area contributed by atoms with Crippen LogP contribution in [0, 0.1) is 18.6 Å². The first-order chi connectivity index (χ1) is 16.2. The van der Waals surface area contributed by atoms with Crippen LogP contribution in [-0.2, 0) is 23.0 Å². The molecule has 1 aliphatic rings. The summed E-state index contributed by atoms with van der Waals surface area (Å²) in [6, 6.07) is 3.36. The molecule has 1 atom stereocenters. The lowest BCUT2D eigenvalue weighted by atomic mass is 9.89. The second-order valence-corrected chi connectivity index (χ2v) is 10.1. The lowest BCUT2D eigenvalue weighted by molar-refractivity contribution is 0.427. The van der Waals surface area contributed by atoms with Crippen LogP contribution < -0.4 is 4.72 Å². The van der Waals surface area contributed by atoms with Gasteiger partial charge >= 0.3 is 0 Å². The van der Waals surface area contributed by atoms with Crippen molar-refractivity contribution >= 4 is 27.3 Å². The van der Waals surface area contributed by atoms with E-state index in [9.17, 15) is 12.8 Å². The summed E-state index contributed by atoms with van der Waals surface area (Å²) in [6.45, 7) is 1.80. The van der Waals surface area contributed by atoms with Crippen molar-refractivity contribution in [2.24, 2.45) is 0 Å². The molecule has 0 bridgehead atoms. The lowest BCUT2D eigenvalue weighted by Crippen LogP contribution is -2.22. The van der Waals surface area contributed by atoms with Gasteiger partial charge in [0.1, 0.15) is 16.4 Å². The van der Waals surface area contributed by atoms with Gasteiger partial charge in [-0.15, -0.1) is 0 Å². The van der Waals surface area contributed by atoms with E-state index in [2.05, 4.69) is 24.7 Å². The highest BCUT2D eigenvalue weighted by molar-refractivity contribution is 7.92. The number of benzene rings is 1. The third kappa shape index (κ3) is 3.94. The first-order valence-electron chi connectivity index (χ1n) is 10.4. The summed E-state index contributed by atoms with van der Waals surface area (Å²) in [5, 5.41) is 0.124. The Morgan fingerprint density at radius 2 is 2.06 bits per heavy atom. The largest absolute Gasteiger partial charge is 0.343 e. The zero-order valence-electron chi connectivity index (χ0n) is 17.9. The average molecular weight is 505 g/mol. The molecule has 4 aromatic rings. The van der Waals surface area contributed by atoms with E-state index in [1.165, 1.54) is 19.2 Å². The van der Waals surface area contributed by atoms with Crippen molar-refractivity contribution in [3.8, 4) is 11.5 Å². The van der Waals surface area contributed by atoms with E-state index in [-0.39, 0.29) is 26.9 Å². The number of halogens is 3. The van der Waals surface area contributed by atoms with Crippen LogP contribution in [0.3, 0.4) is 0 Å². The van der Waals surface area contributed by atoms with Gasteiger partial charge in [-0.3, -0.25) is 9.71 Å². The summed E-state index contributed by atoms with van der Waals surface area (Å²) < 4.78 is 60.2. The first-order valence-corrected chi connectivity index (χ1v) is 12.3. The Morgan fingerprint density at radius 1 is 1.24 bits per heavy atom. The van der Waals surface area contributed by atoms with Crippen molar-refractivity contribution in [1.29, 1.82) is 0 Å². The van der Waals surface area contributed by atoms with Crippen LogP contribution in [0.2, 0.25) is 5.02 Å².